The van der Waals surface area contributed by atoms with E-state index in [0.29, 0.717) is 0 Å². The Bertz CT molecular complexity index is 864. The molecule has 25 heavy (non-hydrogen) atoms. The molecule has 1 unspecified atom stereocenters. The van der Waals surface area contributed by atoms with Crippen molar-refractivity contribution < 1.29 is 4.79 Å². The lowest BCUT2D eigenvalue weighted by Crippen LogP contribution is -2.49. The quantitative estimate of drug-likeness (QED) is 0.725. The zero-order chi connectivity index (χ0) is 18.1. The number of ketones is 1. The zero-order valence-electron chi connectivity index (χ0n) is 15.1. The number of aromatic nitrogens is 3. The first-order valence-electron chi connectivity index (χ1n) is 8.39. The summed E-state index contributed by atoms with van der Waals surface area (Å²) in [6.07, 6.45) is 3.10. The molecule has 0 aliphatic carbocycles. The van der Waals surface area contributed by atoms with Gasteiger partial charge in [-0.05, 0) is 18.1 Å². The summed E-state index contributed by atoms with van der Waals surface area (Å²) >= 11 is 0. The first-order valence-corrected chi connectivity index (χ1v) is 8.39. The molecular weight excluding hydrogens is 310 g/mol. The fourth-order valence-corrected chi connectivity index (χ4v) is 3.27. The fourth-order valence-electron chi connectivity index (χ4n) is 3.27. The summed E-state index contributed by atoms with van der Waals surface area (Å²) in [6, 6.07) is 17.9. The molecule has 0 spiro atoms. The van der Waals surface area contributed by atoms with Gasteiger partial charge in [0.2, 0.25) is 0 Å². The molecule has 1 atom stereocenters. The average molecular weight is 333 g/mol. The van der Waals surface area contributed by atoms with Crippen LogP contribution in [0.3, 0.4) is 0 Å². The van der Waals surface area contributed by atoms with Gasteiger partial charge in [-0.2, -0.15) is 5.10 Å². The van der Waals surface area contributed by atoms with Crippen LogP contribution in [0.2, 0.25) is 0 Å². The van der Waals surface area contributed by atoms with Gasteiger partial charge in [0.15, 0.2) is 11.3 Å². The van der Waals surface area contributed by atoms with Gasteiger partial charge in [0.25, 0.3) is 0 Å². The third-order valence-electron chi connectivity index (χ3n) is 4.40. The van der Waals surface area contributed by atoms with E-state index in [1.807, 2.05) is 76.2 Å². The minimum atomic E-state index is -1.05. The van der Waals surface area contributed by atoms with Crippen LogP contribution in [0.4, 0.5) is 0 Å². The summed E-state index contributed by atoms with van der Waals surface area (Å²) in [7, 11) is 0. The van der Waals surface area contributed by atoms with Gasteiger partial charge < -0.3 is 0 Å². The zero-order valence-corrected chi connectivity index (χ0v) is 15.1. The molecule has 3 aromatic rings. The van der Waals surface area contributed by atoms with Crippen molar-refractivity contribution in [3.8, 4) is 0 Å². The third-order valence-corrected chi connectivity index (χ3v) is 4.40. The highest BCUT2D eigenvalue weighted by Crippen LogP contribution is 2.40. The molecule has 1 aromatic heterocycles. The Morgan fingerprint density at radius 3 is 2.20 bits per heavy atom. The van der Waals surface area contributed by atoms with Crippen molar-refractivity contribution in [3.05, 3.63) is 83.9 Å². The highest BCUT2D eigenvalue weighted by molar-refractivity contribution is 5.97. The predicted octanol–water partition coefficient (Wildman–Crippen LogP) is 3.99. The first-order chi connectivity index (χ1) is 11.9. The van der Waals surface area contributed by atoms with Crippen molar-refractivity contribution >= 4 is 5.78 Å². The van der Waals surface area contributed by atoms with Gasteiger partial charge in [-0.1, -0.05) is 80.9 Å². The van der Waals surface area contributed by atoms with Crippen molar-refractivity contribution in [2.45, 2.75) is 33.2 Å². The van der Waals surface area contributed by atoms with Gasteiger partial charge in [-0.3, -0.25) is 4.79 Å². The molecule has 0 aliphatic heterocycles. The van der Waals surface area contributed by atoms with Crippen molar-refractivity contribution in [2.75, 3.05) is 0 Å². The Labute approximate surface area is 148 Å². The van der Waals surface area contributed by atoms with Crippen LogP contribution in [-0.4, -0.2) is 20.5 Å². The summed E-state index contributed by atoms with van der Waals surface area (Å²) in [5, 5.41) is 4.39. The van der Waals surface area contributed by atoms with Crippen LogP contribution < -0.4 is 0 Å². The number of hydrogen-bond acceptors (Lipinski definition) is 3. The monoisotopic (exact) mass is 333 g/mol. The first kappa shape index (κ1) is 17.1. The normalized spacial score (nSPS) is 14.1. The molecule has 4 heteroatoms. The molecule has 0 N–H and O–H groups in total. The van der Waals surface area contributed by atoms with Gasteiger partial charge in [0.05, 0.1) is 0 Å². The Balaban J connectivity index is 2.42. The van der Waals surface area contributed by atoms with E-state index in [-0.39, 0.29) is 5.78 Å². The number of rotatable bonds is 4. The lowest BCUT2D eigenvalue weighted by molar-refractivity contribution is -0.132. The van der Waals surface area contributed by atoms with Crippen LogP contribution in [0.5, 0.6) is 0 Å². The van der Waals surface area contributed by atoms with E-state index in [2.05, 4.69) is 16.1 Å². The second-order valence-electron chi connectivity index (χ2n) is 7.37. The second-order valence-corrected chi connectivity index (χ2v) is 7.37. The minimum Gasteiger partial charge on any atom is -0.296 e. The van der Waals surface area contributed by atoms with E-state index in [1.54, 1.807) is 11.0 Å². The summed E-state index contributed by atoms with van der Waals surface area (Å²) in [4.78, 5) is 17.9. The molecule has 4 nitrogen and oxygen atoms in total. The number of nitrogens with zero attached hydrogens (tertiary/aromatic N) is 3. The summed E-state index contributed by atoms with van der Waals surface area (Å²) < 4.78 is 1.69. The van der Waals surface area contributed by atoms with Gasteiger partial charge in [-0.15, -0.1) is 0 Å². The molecule has 0 bridgehead atoms. The maximum Gasteiger partial charge on any atom is 0.174 e. The minimum absolute atomic E-state index is 0.0716. The number of hydrogen-bond donors (Lipinski definition) is 0. The van der Waals surface area contributed by atoms with E-state index in [9.17, 15) is 4.79 Å². The SMILES string of the molecule is Cc1cccc(C(C(=O)C(C)(C)C)(c2ccccc2)n2cncn2)c1. The molecule has 0 saturated heterocycles. The molecule has 0 aliphatic rings. The molecule has 3 rings (SSSR count). The smallest absolute Gasteiger partial charge is 0.174 e. The number of benzene rings is 2. The highest BCUT2D eigenvalue weighted by Gasteiger charge is 2.49. The van der Waals surface area contributed by atoms with Crippen LogP contribution in [0.25, 0.3) is 0 Å². The van der Waals surface area contributed by atoms with Crippen LogP contribution >= 0.6 is 0 Å². The standard InChI is InChI=1S/C21H23N3O/c1-16-9-8-12-18(13-16)21(19(25)20(2,3)4,24-15-22-14-23-24)17-10-6-5-7-11-17/h5-15H,1-4H3. The van der Waals surface area contributed by atoms with Crippen molar-refractivity contribution in [1.29, 1.82) is 0 Å². The Kier molecular flexibility index (Phi) is 4.29. The van der Waals surface area contributed by atoms with E-state index in [1.165, 1.54) is 6.33 Å². The topological polar surface area (TPSA) is 47.8 Å². The van der Waals surface area contributed by atoms with E-state index in [0.717, 1.165) is 16.7 Å². The third kappa shape index (κ3) is 2.88. The molecule has 2 aromatic carbocycles. The molecule has 0 saturated carbocycles. The molecule has 0 fully saturated rings. The number of aryl methyl sites for hydroxylation is 1. The van der Waals surface area contributed by atoms with Gasteiger partial charge in [0, 0.05) is 5.41 Å². The molecular formula is C21H23N3O. The van der Waals surface area contributed by atoms with Crippen LogP contribution in [0.1, 0.15) is 37.5 Å². The number of Topliss-reactive ketones (excluding diaryl/α,β-unsaturated/α-hetero) is 1. The van der Waals surface area contributed by atoms with Crippen LogP contribution in [0, 0.1) is 12.3 Å². The van der Waals surface area contributed by atoms with E-state index >= 15 is 0 Å². The van der Waals surface area contributed by atoms with Crippen LogP contribution in [0.15, 0.2) is 67.3 Å². The van der Waals surface area contributed by atoms with Gasteiger partial charge in [0.1, 0.15) is 12.7 Å². The maximum atomic E-state index is 13.8. The lowest BCUT2D eigenvalue weighted by Gasteiger charge is -2.38. The van der Waals surface area contributed by atoms with Crippen molar-refractivity contribution in [3.63, 3.8) is 0 Å². The lowest BCUT2D eigenvalue weighted by atomic mass is 9.70. The molecule has 0 amide bonds. The highest BCUT2D eigenvalue weighted by atomic mass is 16.1. The number of carbonyl (C=O) groups excluding carboxylic acids is 1. The molecule has 1 heterocycles. The van der Waals surface area contributed by atoms with Crippen LogP contribution in [-0.2, 0) is 10.3 Å². The average Bonchev–Trinajstić information content (AvgIpc) is 3.11. The summed E-state index contributed by atoms with van der Waals surface area (Å²) in [5.74, 6) is 0.0716. The Morgan fingerprint density at radius 2 is 1.64 bits per heavy atom. The maximum absolute atomic E-state index is 13.8. The second kappa shape index (κ2) is 6.28. The molecule has 0 radical (unpaired) electrons. The van der Waals surface area contributed by atoms with Crippen molar-refractivity contribution in [2.24, 2.45) is 5.41 Å². The Morgan fingerprint density at radius 1 is 0.960 bits per heavy atom. The van der Waals surface area contributed by atoms with Gasteiger partial charge in [-0.25, -0.2) is 9.67 Å². The Hall–Kier alpha value is -2.75. The van der Waals surface area contributed by atoms with E-state index in [4.69, 9.17) is 0 Å². The largest absolute Gasteiger partial charge is 0.296 e. The summed E-state index contributed by atoms with van der Waals surface area (Å²) in [6.45, 7) is 7.86. The fraction of sp³-hybridized carbons (Fsp3) is 0.286. The van der Waals surface area contributed by atoms with Gasteiger partial charge >= 0.3 is 0 Å². The predicted molar refractivity (Wildman–Crippen MR) is 98.3 cm³/mol. The number of carbonyl (C=O) groups is 1. The van der Waals surface area contributed by atoms with E-state index < -0.39 is 11.0 Å². The summed E-state index contributed by atoms with van der Waals surface area (Å²) in [5.41, 5.74) is 1.25. The molecule has 128 valence electrons. The van der Waals surface area contributed by atoms with Crippen molar-refractivity contribution in [1.82, 2.24) is 14.8 Å².